The van der Waals surface area contributed by atoms with E-state index in [4.69, 9.17) is 0 Å². The Hall–Kier alpha value is -2.25. The van der Waals surface area contributed by atoms with E-state index in [1.807, 2.05) is 11.4 Å². The number of hydrogen-bond donors (Lipinski definition) is 1. The fourth-order valence-electron chi connectivity index (χ4n) is 2.08. The molecule has 0 saturated heterocycles. The van der Waals surface area contributed by atoms with Crippen molar-refractivity contribution in [1.82, 2.24) is 4.98 Å². The number of rotatable bonds is 4. The minimum Gasteiger partial charge on any atom is -0.284 e. The quantitative estimate of drug-likeness (QED) is 0.775. The lowest BCUT2D eigenvalue weighted by Crippen LogP contribution is -2.09. The molecule has 0 fully saturated rings. The van der Waals surface area contributed by atoms with Gasteiger partial charge in [-0.3, -0.25) is 4.72 Å². The van der Waals surface area contributed by atoms with Crippen LogP contribution in [0, 0.1) is 5.82 Å². The predicted molar refractivity (Wildman–Crippen MR) is 91.4 cm³/mol. The molecule has 0 bridgehead atoms. The maximum absolute atomic E-state index is 13.3. The summed E-state index contributed by atoms with van der Waals surface area (Å²) >= 11 is 1.43. The van der Waals surface area contributed by atoms with Crippen LogP contribution in [0.15, 0.2) is 53.9 Å². The summed E-state index contributed by atoms with van der Waals surface area (Å²) in [4.78, 5) is 4.51. The first-order valence-electron chi connectivity index (χ1n) is 6.70. The molecule has 1 N–H and O–H groups in total. The van der Waals surface area contributed by atoms with Gasteiger partial charge in [-0.15, -0.1) is 11.3 Å². The highest BCUT2D eigenvalue weighted by Crippen LogP contribution is 2.29. The Balaban J connectivity index is 1.86. The molecule has 1 heterocycles. The van der Waals surface area contributed by atoms with Crippen molar-refractivity contribution in [2.75, 3.05) is 11.0 Å². The molecule has 0 amide bonds. The first kappa shape index (κ1) is 15.6. The maximum Gasteiger partial charge on any atom is 0.229 e. The second-order valence-electron chi connectivity index (χ2n) is 5.00. The number of sulfonamides is 1. The molecule has 0 radical (unpaired) electrons. The minimum atomic E-state index is -3.29. The van der Waals surface area contributed by atoms with Crippen molar-refractivity contribution in [3.8, 4) is 21.8 Å². The Morgan fingerprint density at radius 1 is 1.09 bits per heavy atom. The van der Waals surface area contributed by atoms with Gasteiger partial charge in [-0.1, -0.05) is 24.3 Å². The Bertz CT molecular complexity index is 935. The van der Waals surface area contributed by atoms with Crippen molar-refractivity contribution < 1.29 is 12.8 Å². The summed E-state index contributed by atoms with van der Waals surface area (Å²) in [7, 11) is -3.29. The van der Waals surface area contributed by atoms with Gasteiger partial charge in [-0.2, -0.15) is 0 Å². The monoisotopic (exact) mass is 348 g/mol. The average molecular weight is 348 g/mol. The van der Waals surface area contributed by atoms with Gasteiger partial charge in [-0.25, -0.2) is 17.8 Å². The smallest absolute Gasteiger partial charge is 0.229 e. The van der Waals surface area contributed by atoms with Crippen LogP contribution in [0.2, 0.25) is 0 Å². The SMILES string of the molecule is CS(=O)(=O)Nc1ccc(-c2csc(-c3cccc(F)c3)n2)cc1. The minimum absolute atomic E-state index is 0.296. The zero-order valence-electron chi connectivity index (χ0n) is 12.2. The van der Waals surface area contributed by atoms with Crippen LogP contribution in [-0.4, -0.2) is 19.7 Å². The molecule has 1 aromatic heterocycles. The lowest BCUT2D eigenvalue weighted by atomic mass is 10.1. The van der Waals surface area contributed by atoms with E-state index in [1.54, 1.807) is 30.3 Å². The van der Waals surface area contributed by atoms with E-state index in [9.17, 15) is 12.8 Å². The predicted octanol–water partition coefficient (Wildman–Crippen LogP) is 3.99. The van der Waals surface area contributed by atoms with Crippen LogP contribution < -0.4 is 4.72 Å². The largest absolute Gasteiger partial charge is 0.284 e. The third-order valence-corrected chi connectivity index (χ3v) is 4.56. The van der Waals surface area contributed by atoms with Gasteiger partial charge in [0, 0.05) is 22.2 Å². The Morgan fingerprint density at radius 3 is 2.48 bits per heavy atom. The number of aromatic nitrogens is 1. The molecule has 3 aromatic rings. The number of thiazole rings is 1. The summed E-state index contributed by atoms with van der Waals surface area (Å²) in [5.74, 6) is -0.296. The van der Waals surface area contributed by atoms with Gasteiger partial charge in [0.25, 0.3) is 0 Å². The van der Waals surface area contributed by atoms with Gasteiger partial charge in [0.2, 0.25) is 10.0 Å². The van der Waals surface area contributed by atoms with Crippen molar-refractivity contribution in [2.45, 2.75) is 0 Å². The summed E-state index contributed by atoms with van der Waals surface area (Å²) in [6.45, 7) is 0. The molecule has 0 saturated carbocycles. The third-order valence-electron chi connectivity index (χ3n) is 3.06. The number of nitrogens with one attached hydrogen (secondary N) is 1. The third kappa shape index (κ3) is 3.94. The molecule has 0 aliphatic carbocycles. The lowest BCUT2D eigenvalue weighted by molar-refractivity contribution is 0.607. The second-order valence-corrected chi connectivity index (χ2v) is 7.61. The highest BCUT2D eigenvalue weighted by Gasteiger charge is 2.08. The number of nitrogens with zero attached hydrogens (tertiary/aromatic N) is 1. The second kappa shape index (κ2) is 6.10. The number of anilines is 1. The van der Waals surface area contributed by atoms with E-state index in [-0.39, 0.29) is 5.82 Å². The van der Waals surface area contributed by atoms with Gasteiger partial charge in [0.1, 0.15) is 10.8 Å². The molecule has 7 heteroatoms. The summed E-state index contributed by atoms with van der Waals surface area (Å²) in [5, 5.41) is 2.62. The normalized spacial score (nSPS) is 11.4. The lowest BCUT2D eigenvalue weighted by Gasteiger charge is -2.04. The van der Waals surface area contributed by atoms with E-state index < -0.39 is 10.0 Å². The van der Waals surface area contributed by atoms with Crippen LogP contribution in [0.5, 0.6) is 0 Å². The topological polar surface area (TPSA) is 59.1 Å². The molecule has 0 unspecified atom stereocenters. The molecule has 0 aliphatic heterocycles. The van der Waals surface area contributed by atoms with Crippen molar-refractivity contribution >= 4 is 27.0 Å². The summed E-state index contributed by atoms with van der Waals surface area (Å²) in [6.07, 6.45) is 1.10. The molecule has 118 valence electrons. The van der Waals surface area contributed by atoms with Crippen LogP contribution in [0.4, 0.5) is 10.1 Å². The maximum atomic E-state index is 13.3. The zero-order valence-corrected chi connectivity index (χ0v) is 13.8. The molecule has 0 atom stereocenters. The molecular formula is C16H13FN2O2S2. The molecule has 0 aliphatic rings. The van der Waals surface area contributed by atoms with Crippen LogP contribution in [0.3, 0.4) is 0 Å². The van der Waals surface area contributed by atoms with Gasteiger partial charge in [0.05, 0.1) is 11.9 Å². The molecule has 23 heavy (non-hydrogen) atoms. The van der Waals surface area contributed by atoms with Gasteiger partial charge < -0.3 is 0 Å². The van der Waals surface area contributed by atoms with Crippen LogP contribution >= 0.6 is 11.3 Å². The number of benzene rings is 2. The summed E-state index contributed by atoms with van der Waals surface area (Å²) in [5.41, 5.74) is 2.86. The molecule has 0 spiro atoms. The molecule has 2 aromatic carbocycles. The first-order chi connectivity index (χ1) is 10.9. The van der Waals surface area contributed by atoms with Crippen LogP contribution in [0.1, 0.15) is 0 Å². The van der Waals surface area contributed by atoms with E-state index in [0.717, 1.165) is 28.1 Å². The summed E-state index contributed by atoms with van der Waals surface area (Å²) < 4.78 is 38.1. The van der Waals surface area contributed by atoms with E-state index in [2.05, 4.69) is 9.71 Å². The van der Waals surface area contributed by atoms with Crippen molar-refractivity contribution in [3.05, 3.63) is 59.7 Å². The molecule has 3 rings (SSSR count). The van der Waals surface area contributed by atoms with Gasteiger partial charge >= 0.3 is 0 Å². The standard InChI is InChI=1S/C16H13FN2O2S2/c1-23(20,21)19-14-7-5-11(6-8-14)15-10-22-16(18-15)12-3-2-4-13(17)9-12/h2-10,19H,1H3. The van der Waals surface area contributed by atoms with Gasteiger partial charge in [0.15, 0.2) is 0 Å². The van der Waals surface area contributed by atoms with E-state index >= 15 is 0 Å². The van der Waals surface area contributed by atoms with Gasteiger partial charge in [-0.05, 0) is 24.3 Å². The van der Waals surface area contributed by atoms with E-state index in [1.165, 1.54) is 23.5 Å². The Kier molecular flexibility index (Phi) is 4.14. The van der Waals surface area contributed by atoms with Crippen LogP contribution in [0.25, 0.3) is 21.8 Å². The zero-order chi connectivity index (χ0) is 16.4. The fourth-order valence-corrected chi connectivity index (χ4v) is 3.47. The van der Waals surface area contributed by atoms with Crippen LogP contribution in [-0.2, 0) is 10.0 Å². The molecular weight excluding hydrogens is 335 g/mol. The summed E-state index contributed by atoms with van der Waals surface area (Å²) in [6, 6.07) is 13.2. The highest BCUT2D eigenvalue weighted by molar-refractivity contribution is 7.92. The number of halogens is 1. The van der Waals surface area contributed by atoms with Crippen molar-refractivity contribution in [1.29, 1.82) is 0 Å². The van der Waals surface area contributed by atoms with Crippen molar-refractivity contribution in [3.63, 3.8) is 0 Å². The fraction of sp³-hybridized carbons (Fsp3) is 0.0625. The average Bonchev–Trinajstić information content (AvgIpc) is 2.96. The Labute approximate surface area is 137 Å². The highest BCUT2D eigenvalue weighted by atomic mass is 32.2. The number of hydrogen-bond acceptors (Lipinski definition) is 4. The Morgan fingerprint density at radius 2 is 1.83 bits per heavy atom. The first-order valence-corrected chi connectivity index (χ1v) is 9.47. The van der Waals surface area contributed by atoms with E-state index in [0.29, 0.717) is 5.69 Å². The molecule has 4 nitrogen and oxygen atoms in total. The van der Waals surface area contributed by atoms with Crippen molar-refractivity contribution in [2.24, 2.45) is 0 Å².